The quantitative estimate of drug-likeness (QED) is 0.555. The van der Waals surface area contributed by atoms with E-state index in [4.69, 9.17) is 0 Å². The average molecular weight is 298 g/mol. The van der Waals surface area contributed by atoms with E-state index in [0.717, 1.165) is 0 Å². The summed E-state index contributed by atoms with van der Waals surface area (Å²) in [5.74, 6) is 0. The van der Waals surface area contributed by atoms with Crippen molar-refractivity contribution in [2.24, 2.45) is 0 Å². The molecule has 52 valence electrons. The van der Waals surface area contributed by atoms with Crippen molar-refractivity contribution in [2.45, 2.75) is 5.71 Å². The predicted octanol–water partition coefficient (Wildman–Crippen LogP) is 3.13. The molecule has 0 unspecified atom stereocenters. The van der Waals surface area contributed by atoms with Crippen LogP contribution in [0.3, 0.4) is 0 Å². The zero-order chi connectivity index (χ0) is 7.57. The number of rotatable bonds is 3. The van der Waals surface area contributed by atoms with Crippen LogP contribution in [0.5, 0.6) is 0 Å². The summed E-state index contributed by atoms with van der Waals surface area (Å²) in [6.45, 7) is 11.3. The van der Waals surface area contributed by atoms with E-state index in [1.54, 1.807) is 0 Å². The molecule has 0 aromatic carbocycles. The summed E-state index contributed by atoms with van der Waals surface area (Å²) in [5.41, 5.74) is 2.19. The normalized spacial score (nSPS) is 15.1. The molecule has 0 amide bonds. The molecule has 0 fully saturated rings. The minimum absolute atomic E-state index is 2.00. The van der Waals surface area contributed by atoms with Gasteiger partial charge in [0, 0.05) is 0 Å². The van der Waals surface area contributed by atoms with E-state index >= 15 is 0 Å². The van der Waals surface area contributed by atoms with Crippen molar-refractivity contribution < 1.29 is 0 Å². The second-order valence-corrected chi connectivity index (χ2v) is 25.3. The van der Waals surface area contributed by atoms with Crippen LogP contribution in [0.4, 0.5) is 0 Å². The molecule has 9 heavy (non-hydrogen) atoms. The predicted molar refractivity (Wildman–Crippen MR) is 56.2 cm³/mol. The molecule has 0 N–H and O–H groups in total. The van der Waals surface area contributed by atoms with Crippen LogP contribution in [0.2, 0.25) is 5.71 Å². The number of hydrogen-bond acceptors (Lipinski definition) is 0. The van der Waals surface area contributed by atoms with E-state index in [9.17, 15) is 0 Å². The van der Waals surface area contributed by atoms with Crippen molar-refractivity contribution in [3.63, 3.8) is 0 Å². The molecule has 0 aliphatic carbocycles. The fourth-order valence-electron chi connectivity index (χ4n) is 0.224. The Kier molecular flexibility index (Phi) is 2.78. The van der Waals surface area contributed by atoms with Gasteiger partial charge in [0.15, 0.2) is 0 Å². The fraction of sp³-hybridized carbons (Fsp3) is 0.143. The Morgan fingerprint density at radius 2 is 1.33 bits per heavy atom. The van der Waals surface area contributed by atoms with Gasteiger partial charge in [-0.3, -0.25) is 0 Å². The van der Waals surface area contributed by atoms with Gasteiger partial charge in [0.1, 0.15) is 0 Å². The summed E-state index contributed by atoms with van der Waals surface area (Å²) >= 11 is 2.43. The first kappa shape index (κ1) is 9.51. The first-order valence-electron chi connectivity index (χ1n) is 2.62. The van der Waals surface area contributed by atoms with Gasteiger partial charge in [-0.2, -0.15) is 0 Å². The SMILES string of the molecule is C=C[As](C)(I)(C=C)C=C. The molecule has 0 atom stereocenters. The molecule has 0 nitrogen and oxygen atoms in total. The minimum atomic E-state index is -2.37. The summed E-state index contributed by atoms with van der Waals surface area (Å²) in [4.78, 5) is 6.00. The van der Waals surface area contributed by atoms with Crippen LogP contribution < -0.4 is 0 Å². The zero-order valence-corrected chi connectivity index (χ0v) is 9.71. The van der Waals surface area contributed by atoms with Crippen LogP contribution in [0.15, 0.2) is 34.3 Å². The van der Waals surface area contributed by atoms with Gasteiger partial charge in [-0.15, -0.1) is 0 Å². The van der Waals surface area contributed by atoms with Gasteiger partial charge in [-0.25, -0.2) is 0 Å². The van der Waals surface area contributed by atoms with Gasteiger partial charge in [0.05, 0.1) is 0 Å². The molecule has 0 aliphatic rings. The third-order valence-corrected chi connectivity index (χ3v) is 13.3. The second-order valence-electron chi connectivity index (χ2n) is 2.23. The average Bonchev–Trinajstić information content (AvgIpc) is 1.90. The Labute approximate surface area is 68.9 Å². The van der Waals surface area contributed by atoms with Gasteiger partial charge in [-0.05, 0) is 0 Å². The summed E-state index contributed by atoms with van der Waals surface area (Å²) in [5, 5.41) is 0. The molecule has 0 aromatic rings. The number of hydrogen-bond donors (Lipinski definition) is 0. The fourth-order valence-corrected chi connectivity index (χ4v) is 1.16. The first-order valence-corrected chi connectivity index (χ1v) is 13.5. The molecule has 0 radical (unpaired) electrons. The van der Waals surface area contributed by atoms with Crippen LogP contribution in [-0.2, 0) is 0 Å². The Morgan fingerprint density at radius 1 is 1.11 bits per heavy atom. The third kappa shape index (κ3) is 2.30. The molecule has 0 bridgehead atoms. The van der Waals surface area contributed by atoms with E-state index in [-0.39, 0.29) is 0 Å². The Balaban J connectivity index is 4.81. The van der Waals surface area contributed by atoms with Gasteiger partial charge in [-0.1, -0.05) is 0 Å². The summed E-state index contributed by atoms with van der Waals surface area (Å²) < 4.78 is 0. The molecular weight excluding hydrogens is 286 g/mol. The van der Waals surface area contributed by atoms with Crippen molar-refractivity contribution in [3.05, 3.63) is 34.3 Å². The second kappa shape index (κ2) is 2.63. The van der Waals surface area contributed by atoms with E-state index in [0.29, 0.717) is 0 Å². The van der Waals surface area contributed by atoms with Crippen molar-refractivity contribution in [1.29, 1.82) is 0 Å². The standard InChI is InChI=1S/C7H12AsI/c1-5-8(4,9,6-2)7-3/h5-7H,1-3H2,4H3. The molecular formula is C7H12AsI. The molecule has 0 spiro atoms. The maximum absolute atomic E-state index is 3.78. The monoisotopic (exact) mass is 298 g/mol. The van der Waals surface area contributed by atoms with Crippen LogP contribution >= 0.6 is 20.1 Å². The van der Waals surface area contributed by atoms with Gasteiger partial charge in [0.2, 0.25) is 0 Å². The van der Waals surface area contributed by atoms with Crippen molar-refractivity contribution in [2.75, 3.05) is 0 Å². The topological polar surface area (TPSA) is 0 Å². The molecule has 0 rings (SSSR count). The van der Waals surface area contributed by atoms with Gasteiger partial charge in [0.25, 0.3) is 0 Å². The van der Waals surface area contributed by atoms with Crippen molar-refractivity contribution in [1.82, 2.24) is 0 Å². The van der Waals surface area contributed by atoms with Crippen molar-refractivity contribution >= 4 is 29.2 Å². The summed E-state index contributed by atoms with van der Waals surface area (Å²) in [6.07, 6.45) is 0. The molecule has 0 aromatic heterocycles. The van der Waals surface area contributed by atoms with Crippen LogP contribution in [0.1, 0.15) is 0 Å². The Hall–Kier alpha value is 0.508. The van der Waals surface area contributed by atoms with E-state index in [1.807, 2.05) is 14.6 Å². The molecule has 0 heterocycles. The van der Waals surface area contributed by atoms with E-state index in [2.05, 4.69) is 45.6 Å². The molecule has 0 saturated heterocycles. The molecule has 0 saturated carbocycles. The summed E-state index contributed by atoms with van der Waals surface area (Å²) in [7, 11) is -2.37. The number of halogens is 1. The first-order chi connectivity index (χ1) is 3.96. The van der Waals surface area contributed by atoms with Crippen LogP contribution in [0.25, 0.3) is 0 Å². The zero-order valence-electron chi connectivity index (χ0n) is 5.68. The maximum atomic E-state index is 3.78. The van der Waals surface area contributed by atoms with Crippen LogP contribution in [-0.4, -0.2) is 9.10 Å². The van der Waals surface area contributed by atoms with E-state index < -0.39 is 9.10 Å². The van der Waals surface area contributed by atoms with Crippen LogP contribution in [0, 0.1) is 0 Å². The summed E-state index contributed by atoms with van der Waals surface area (Å²) in [6, 6.07) is 0. The molecule has 2 heteroatoms. The van der Waals surface area contributed by atoms with Gasteiger partial charge < -0.3 is 0 Å². The van der Waals surface area contributed by atoms with Crippen molar-refractivity contribution in [3.8, 4) is 0 Å². The van der Waals surface area contributed by atoms with Gasteiger partial charge >= 0.3 is 69.3 Å². The Bertz CT molecular complexity index is 130. The Morgan fingerprint density at radius 3 is 1.33 bits per heavy atom. The van der Waals surface area contributed by atoms with E-state index in [1.165, 1.54) is 0 Å². The molecule has 0 aliphatic heterocycles. The third-order valence-electron chi connectivity index (χ3n) is 1.39.